The maximum absolute atomic E-state index is 11.3. The molecule has 0 saturated heterocycles. The molecule has 4 N–H and O–H groups in total. The first-order valence-electron chi connectivity index (χ1n) is 5.96. The van der Waals surface area contributed by atoms with Gasteiger partial charge in [0.2, 0.25) is 0 Å². The molecule has 0 radical (unpaired) electrons. The highest BCUT2D eigenvalue weighted by molar-refractivity contribution is 5.86. The van der Waals surface area contributed by atoms with E-state index in [4.69, 9.17) is 10.2 Å². The predicted octanol–water partition coefficient (Wildman–Crippen LogP) is -0.445. The van der Waals surface area contributed by atoms with E-state index in [-0.39, 0.29) is 0 Å². The van der Waals surface area contributed by atoms with Crippen LogP contribution in [0.1, 0.15) is 19.3 Å². The molecule has 110 valence electrons. The molecule has 0 fully saturated rings. The third-order valence-electron chi connectivity index (χ3n) is 2.30. The van der Waals surface area contributed by atoms with Crippen LogP contribution < -0.4 is 10.6 Å². The Kier molecular flexibility index (Phi) is 8.27. The molecule has 0 aromatic carbocycles. The Morgan fingerprint density at radius 2 is 1.79 bits per heavy atom. The zero-order chi connectivity index (χ0) is 14.8. The molecule has 0 rings (SSSR count). The van der Waals surface area contributed by atoms with E-state index in [1.54, 1.807) is 0 Å². The topological polar surface area (TPSA) is 119 Å². The zero-order valence-electron chi connectivity index (χ0n) is 11.2. The summed E-state index contributed by atoms with van der Waals surface area (Å²) in [6, 6.07) is -2.09. The van der Waals surface area contributed by atoms with E-state index in [1.807, 2.05) is 19.0 Å². The number of carbonyl (C=O) groups excluding carboxylic acids is 1. The van der Waals surface area contributed by atoms with Crippen LogP contribution in [0.2, 0.25) is 0 Å². The molecule has 0 aliphatic heterocycles. The van der Waals surface area contributed by atoms with Gasteiger partial charge in [0.1, 0.15) is 6.04 Å². The number of carbonyl (C=O) groups is 3. The molecule has 0 aromatic heterocycles. The molecular weight excluding hydrogens is 254 g/mol. The minimum atomic E-state index is -1.42. The minimum absolute atomic E-state index is 0.416. The van der Waals surface area contributed by atoms with Crippen molar-refractivity contribution >= 4 is 18.0 Å². The van der Waals surface area contributed by atoms with Gasteiger partial charge in [-0.05, 0) is 33.5 Å². The van der Waals surface area contributed by atoms with Gasteiger partial charge in [0.05, 0.1) is 6.42 Å². The second-order valence-electron chi connectivity index (χ2n) is 4.40. The lowest BCUT2D eigenvalue weighted by Crippen LogP contribution is -2.47. The highest BCUT2D eigenvalue weighted by Crippen LogP contribution is 1.93. The SMILES string of the molecule is CN(C)CCCCNC(=O)N[C@H](CC(=O)O)C(=O)O. The van der Waals surface area contributed by atoms with Gasteiger partial charge in [0.25, 0.3) is 0 Å². The molecule has 1 atom stereocenters. The molecule has 2 amide bonds. The van der Waals surface area contributed by atoms with Gasteiger partial charge in [-0.25, -0.2) is 9.59 Å². The molecule has 0 saturated carbocycles. The summed E-state index contributed by atoms with van der Waals surface area (Å²) in [6.07, 6.45) is 1.02. The van der Waals surface area contributed by atoms with E-state index in [2.05, 4.69) is 10.6 Å². The number of rotatable bonds is 9. The number of amides is 2. The summed E-state index contributed by atoms with van der Waals surface area (Å²) < 4.78 is 0. The quantitative estimate of drug-likeness (QED) is 0.423. The Morgan fingerprint density at radius 3 is 2.26 bits per heavy atom. The summed E-state index contributed by atoms with van der Waals surface area (Å²) in [5.41, 5.74) is 0. The highest BCUT2D eigenvalue weighted by atomic mass is 16.4. The van der Waals surface area contributed by atoms with Crippen LogP contribution in [-0.2, 0) is 9.59 Å². The Hall–Kier alpha value is -1.83. The first-order valence-corrected chi connectivity index (χ1v) is 5.96. The van der Waals surface area contributed by atoms with Crippen molar-refractivity contribution in [1.29, 1.82) is 0 Å². The molecule has 0 spiro atoms. The second kappa shape index (κ2) is 9.15. The van der Waals surface area contributed by atoms with Crippen LogP contribution in [0.15, 0.2) is 0 Å². The lowest BCUT2D eigenvalue weighted by Gasteiger charge is -2.13. The van der Waals surface area contributed by atoms with Crippen molar-refractivity contribution in [3.8, 4) is 0 Å². The van der Waals surface area contributed by atoms with Crippen LogP contribution >= 0.6 is 0 Å². The normalized spacial score (nSPS) is 11.9. The Bertz CT molecular complexity index is 319. The van der Waals surface area contributed by atoms with Crippen LogP contribution in [-0.4, -0.2) is 66.3 Å². The van der Waals surface area contributed by atoms with Gasteiger partial charge in [-0.2, -0.15) is 0 Å². The predicted molar refractivity (Wildman–Crippen MR) is 68.0 cm³/mol. The Morgan fingerprint density at radius 1 is 1.16 bits per heavy atom. The molecule has 0 aliphatic rings. The van der Waals surface area contributed by atoms with Crippen molar-refractivity contribution in [2.75, 3.05) is 27.2 Å². The zero-order valence-corrected chi connectivity index (χ0v) is 11.2. The molecule has 19 heavy (non-hydrogen) atoms. The fourth-order valence-electron chi connectivity index (χ4n) is 1.34. The summed E-state index contributed by atoms with van der Waals surface area (Å²) in [7, 11) is 3.90. The Labute approximate surface area is 111 Å². The third-order valence-corrected chi connectivity index (χ3v) is 2.30. The van der Waals surface area contributed by atoms with Crippen LogP contribution in [0.3, 0.4) is 0 Å². The summed E-state index contributed by atoms with van der Waals surface area (Å²) in [4.78, 5) is 34.5. The first-order chi connectivity index (χ1) is 8.82. The number of carboxylic acid groups (broad SMARTS) is 2. The van der Waals surface area contributed by atoms with Crippen LogP contribution in [0.5, 0.6) is 0 Å². The summed E-state index contributed by atoms with van der Waals surface area (Å²) >= 11 is 0. The standard InChI is InChI=1S/C11H21N3O5/c1-14(2)6-4-3-5-12-11(19)13-8(10(17)18)7-9(15)16/h8H,3-7H2,1-2H3,(H,15,16)(H,17,18)(H2,12,13,19)/t8-/m1/s1. The molecule has 0 bridgehead atoms. The number of nitrogens with zero attached hydrogens (tertiary/aromatic N) is 1. The van der Waals surface area contributed by atoms with Crippen molar-refractivity contribution in [2.45, 2.75) is 25.3 Å². The van der Waals surface area contributed by atoms with Gasteiger partial charge in [-0.15, -0.1) is 0 Å². The number of carboxylic acids is 2. The van der Waals surface area contributed by atoms with Crippen molar-refractivity contribution in [2.24, 2.45) is 0 Å². The smallest absolute Gasteiger partial charge is 0.326 e. The molecule has 8 nitrogen and oxygen atoms in total. The van der Waals surface area contributed by atoms with E-state index >= 15 is 0 Å². The summed E-state index contributed by atoms with van der Waals surface area (Å²) in [6.45, 7) is 1.32. The van der Waals surface area contributed by atoms with E-state index in [0.717, 1.165) is 19.4 Å². The van der Waals surface area contributed by atoms with Crippen molar-refractivity contribution in [3.05, 3.63) is 0 Å². The summed E-state index contributed by atoms with van der Waals surface area (Å²) in [5.74, 6) is -2.65. The van der Waals surface area contributed by atoms with Gasteiger partial charge in [0, 0.05) is 6.54 Å². The maximum atomic E-state index is 11.3. The number of urea groups is 1. The molecule has 0 aliphatic carbocycles. The molecule has 8 heteroatoms. The average Bonchev–Trinajstić information content (AvgIpc) is 2.26. The number of nitrogens with one attached hydrogen (secondary N) is 2. The van der Waals surface area contributed by atoms with E-state index in [0.29, 0.717) is 6.54 Å². The maximum Gasteiger partial charge on any atom is 0.326 e. The number of aliphatic carboxylic acids is 2. The highest BCUT2D eigenvalue weighted by Gasteiger charge is 2.22. The number of hydrogen-bond donors (Lipinski definition) is 4. The average molecular weight is 275 g/mol. The second-order valence-corrected chi connectivity index (χ2v) is 4.40. The fraction of sp³-hybridized carbons (Fsp3) is 0.727. The van der Waals surface area contributed by atoms with Crippen LogP contribution in [0.25, 0.3) is 0 Å². The van der Waals surface area contributed by atoms with E-state index in [1.165, 1.54) is 0 Å². The van der Waals surface area contributed by atoms with Crippen molar-refractivity contribution in [3.63, 3.8) is 0 Å². The van der Waals surface area contributed by atoms with Gasteiger partial charge >= 0.3 is 18.0 Å². The van der Waals surface area contributed by atoms with Crippen LogP contribution in [0, 0.1) is 0 Å². The number of hydrogen-bond acceptors (Lipinski definition) is 4. The minimum Gasteiger partial charge on any atom is -0.481 e. The first kappa shape index (κ1) is 17.2. The molecule has 0 aromatic rings. The summed E-state index contributed by atoms with van der Waals surface area (Å²) in [5, 5.41) is 21.8. The largest absolute Gasteiger partial charge is 0.481 e. The fourth-order valence-corrected chi connectivity index (χ4v) is 1.34. The molecule has 0 unspecified atom stereocenters. The van der Waals surface area contributed by atoms with Crippen LogP contribution in [0.4, 0.5) is 4.79 Å². The Balaban J connectivity index is 3.87. The monoisotopic (exact) mass is 275 g/mol. The molecule has 0 heterocycles. The van der Waals surface area contributed by atoms with E-state index < -0.39 is 30.4 Å². The van der Waals surface area contributed by atoms with Gasteiger partial charge in [-0.1, -0.05) is 0 Å². The van der Waals surface area contributed by atoms with Crippen molar-refractivity contribution in [1.82, 2.24) is 15.5 Å². The lowest BCUT2D eigenvalue weighted by molar-refractivity contribution is -0.145. The molecular formula is C11H21N3O5. The van der Waals surface area contributed by atoms with Gasteiger partial charge in [0.15, 0.2) is 0 Å². The lowest BCUT2D eigenvalue weighted by atomic mass is 10.2. The van der Waals surface area contributed by atoms with Gasteiger partial charge in [-0.3, -0.25) is 4.79 Å². The number of unbranched alkanes of at least 4 members (excludes halogenated alkanes) is 1. The third kappa shape index (κ3) is 9.83. The van der Waals surface area contributed by atoms with E-state index in [9.17, 15) is 14.4 Å². The van der Waals surface area contributed by atoms with Gasteiger partial charge < -0.3 is 25.7 Å². The van der Waals surface area contributed by atoms with Crippen molar-refractivity contribution < 1.29 is 24.6 Å².